The Morgan fingerprint density at radius 2 is 1.64 bits per heavy atom. The van der Waals surface area contributed by atoms with Crippen molar-refractivity contribution >= 4 is 29.9 Å². The van der Waals surface area contributed by atoms with E-state index in [0.717, 1.165) is 0 Å². The molecule has 2 heterocycles. The van der Waals surface area contributed by atoms with Crippen molar-refractivity contribution in [1.82, 2.24) is 0 Å². The third-order valence-corrected chi connectivity index (χ3v) is 1.71. The van der Waals surface area contributed by atoms with Gasteiger partial charge in [0.25, 0.3) is 0 Å². The van der Waals surface area contributed by atoms with Gasteiger partial charge in [0, 0.05) is 0 Å². The maximum absolute atomic E-state index is 5.20. The lowest BCUT2D eigenvalue weighted by atomic mass is 10.3. The van der Waals surface area contributed by atoms with Gasteiger partial charge in [-0.15, -0.1) is 12.4 Å². The Bertz CT molecular complexity index is 274. The highest BCUT2D eigenvalue weighted by Crippen LogP contribution is 2.03. The summed E-state index contributed by atoms with van der Waals surface area (Å²) in [4.78, 5) is 8.15. The van der Waals surface area contributed by atoms with Crippen LogP contribution in [0.15, 0.2) is 15.1 Å². The molecule has 0 amide bonds. The van der Waals surface area contributed by atoms with Crippen LogP contribution >= 0.6 is 12.4 Å². The second-order valence-corrected chi connectivity index (χ2v) is 2.55. The van der Waals surface area contributed by atoms with Crippen LogP contribution in [0.4, 0.5) is 0 Å². The van der Waals surface area contributed by atoms with Crippen molar-refractivity contribution in [3.05, 3.63) is 0 Å². The maximum Gasteiger partial charge on any atom is 0.243 e. The summed E-state index contributed by atoms with van der Waals surface area (Å²) in [5, 5.41) is 3.56. The van der Waals surface area contributed by atoms with Crippen molar-refractivity contribution in [2.45, 2.75) is 0 Å². The largest absolute Gasteiger partial charge is 0.474 e. The molecule has 0 bridgehead atoms. The van der Waals surface area contributed by atoms with E-state index in [4.69, 9.17) is 15.3 Å². The lowest BCUT2D eigenvalue weighted by Gasteiger charge is -2.03. The molecule has 2 rings (SSSR count). The van der Waals surface area contributed by atoms with E-state index >= 15 is 0 Å². The van der Waals surface area contributed by atoms with E-state index in [1.165, 1.54) is 0 Å². The fraction of sp³-hybridized carbons (Fsp3) is 0.571. The molecule has 14 heavy (non-hydrogen) atoms. The number of hydrazone groups is 1. The van der Waals surface area contributed by atoms with E-state index < -0.39 is 0 Å². The standard InChI is InChI=1S/C7H10N4O2.ClH/c8-11-5(6-9-1-3-12-6)7-10-2-4-13-7;/h1-4,8H2;1H. The van der Waals surface area contributed by atoms with Crippen molar-refractivity contribution in [2.75, 3.05) is 26.3 Å². The van der Waals surface area contributed by atoms with E-state index in [1.807, 2.05) is 0 Å². The average Bonchev–Trinajstić information content (AvgIpc) is 2.76. The Kier molecular flexibility index (Phi) is 3.70. The smallest absolute Gasteiger partial charge is 0.243 e. The fourth-order valence-corrected chi connectivity index (χ4v) is 1.16. The minimum absolute atomic E-state index is 0. The van der Waals surface area contributed by atoms with Crippen LogP contribution in [0, 0.1) is 0 Å². The van der Waals surface area contributed by atoms with Gasteiger partial charge in [-0.1, -0.05) is 0 Å². The zero-order valence-corrected chi connectivity index (χ0v) is 8.29. The maximum atomic E-state index is 5.20. The minimum Gasteiger partial charge on any atom is -0.474 e. The molecule has 0 aromatic rings. The van der Waals surface area contributed by atoms with Crippen LogP contribution in [0.5, 0.6) is 0 Å². The van der Waals surface area contributed by atoms with Crippen molar-refractivity contribution in [1.29, 1.82) is 0 Å². The van der Waals surface area contributed by atoms with Gasteiger partial charge in [0.15, 0.2) is 0 Å². The van der Waals surface area contributed by atoms with Crippen LogP contribution in [0.3, 0.4) is 0 Å². The Morgan fingerprint density at radius 1 is 1.14 bits per heavy atom. The van der Waals surface area contributed by atoms with Gasteiger partial charge in [0.2, 0.25) is 17.5 Å². The van der Waals surface area contributed by atoms with E-state index in [0.29, 0.717) is 43.8 Å². The Morgan fingerprint density at radius 3 is 1.93 bits per heavy atom. The highest BCUT2D eigenvalue weighted by Gasteiger charge is 2.24. The van der Waals surface area contributed by atoms with Crippen molar-refractivity contribution in [3.8, 4) is 0 Å². The molecule has 2 N–H and O–H groups in total. The summed E-state index contributed by atoms with van der Waals surface area (Å²) in [6, 6.07) is 0. The molecule has 0 spiro atoms. The first-order chi connectivity index (χ1) is 6.42. The summed E-state index contributed by atoms with van der Waals surface area (Å²) in [5.74, 6) is 6.07. The highest BCUT2D eigenvalue weighted by atomic mass is 35.5. The topological polar surface area (TPSA) is 81.6 Å². The van der Waals surface area contributed by atoms with Crippen LogP contribution in [-0.2, 0) is 9.47 Å². The second-order valence-electron chi connectivity index (χ2n) is 2.55. The molecule has 7 heteroatoms. The van der Waals surface area contributed by atoms with E-state index in [9.17, 15) is 0 Å². The molecule has 0 saturated carbocycles. The van der Waals surface area contributed by atoms with Gasteiger partial charge in [-0.05, 0) is 0 Å². The first-order valence-electron chi connectivity index (χ1n) is 4.05. The molecular weight excluding hydrogens is 208 g/mol. The number of hydrogen-bond acceptors (Lipinski definition) is 6. The minimum atomic E-state index is 0. The predicted octanol–water partition coefficient (Wildman–Crippen LogP) is -0.420. The molecular formula is C7H11ClN4O2. The van der Waals surface area contributed by atoms with Gasteiger partial charge in [-0.3, -0.25) is 0 Å². The Hall–Kier alpha value is -1.30. The van der Waals surface area contributed by atoms with Crippen molar-refractivity contribution < 1.29 is 9.47 Å². The number of rotatable bonds is 2. The van der Waals surface area contributed by atoms with Gasteiger partial charge in [-0.25, -0.2) is 9.98 Å². The van der Waals surface area contributed by atoms with Gasteiger partial charge in [0.1, 0.15) is 13.2 Å². The molecule has 0 radical (unpaired) electrons. The van der Waals surface area contributed by atoms with Gasteiger partial charge in [0.05, 0.1) is 13.1 Å². The zero-order valence-electron chi connectivity index (χ0n) is 7.47. The summed E-state index contributed by atoms with van der Waals surface area (Å²) < 4.78 is 10.4. The number of nitrogens with two attached hydrogens (primary N) is 1. The molecule has 2 aliphatic rings. The first kappa shape index (κ1) is 10.8. The molecule has 0 aromatic heterocycles. The summed E-state index contributed by atoms with van der Waals surface area (Å²) in [7, 11) is 0. The summed E-state index contributed by atoms with van der Waals surface area (Å²) >= 11 is 0. The third kappa shape index (κ3) is 1.95. The first-order valence-corrected chi connectivity index (χ1v) is 4.05. The SMILES string of the molecule is Cl.NN=C(C1=NCCO1)C1=NCCO1. The summed E-state index contributed by atoms with van der Waals surface area (Å²) in [6.07, 6.45) is 0. The van der Waals surface area contributed by atoms with Crippen molar-refractivity contribution in [2.24, 2.45) is 20.9 Å². The number of nitrogens with zero attached hydrogens (tertiary/aromatic N) is 3. The quantitative estimate of drug-likeness (QED) is 0.388. The number of ether oxygens (including phenoxy) is 2. The predicted molar refractivity (Wildman–Crippen MR) is 55.4 cm³/mol. The molecule has 0 unspecified atom stereocenters. The van der Waals surface area contributed by atoms with Gasteiger partial charge in [-0.2, -0.15) is 5.10 Å². The summed E-state index contributed by atoms with van der Waals surface area (Å²) in [5.41, 5.74) is 0.412. The molecule has 2 aliphatic heterocycles. The third-order valence-electron chi connectivity index (χ3n) is 1.71. The van der Waals surface area contributed by atoms with Crippen LogP contribution in [-0.4, -0.2) is 43.8 Å². The molecule has 78 valence electrons. The zero-order chi connectivity index (χ0) is 9.10. The second kappa shape index (κ2) is 4.80. The lowest BCUT2D eigenvalue weighted by Crippen LogP contribution is -2.26. The molecule has 0 aromatic carbocycles. The van der Waals surface area contributed by atoms with E-state index in [1.54, 1.807) is 0 Å². The molecule has 0 atom stereocenters. The average molecular weight is 219 g/mol. The molecule has 0 aliphatic carbocycles. The van der Waals surface area contributed by atoms with Crippen LogP contribution in [0.25, 0.3) is 0 Å². The van der Waals surface area contributed by atoms with E-state index in [2.05, 4.69) is 15.1 Å². The number of hydrogen-bond donors (Lipinski definition) is 1. The van der Waals surface area contributed by atoms with E-state index in [-0.39, 0.29) is 12.4 Å². The van der Waals surface area contributed by atoms with Gasteiger partial charge >= 0.3 is 0 Å². The van der Waals surface area contributed by atoms with Crippen LogP contribution < -0.4 is 5.84 Å². The Balaban J connectivity index is 0.000000980. The lowest BCUT2D eigenvalue weighted by molar-refractivity contribution is 0.345. The molecule has 0 saturated heterocycles. The van der Waals surface area contributed by atoms with Gasteiger partial charge < -0.3 is 15.3 Å². The highest BCUT2D eigenvalue weighted by molar-refractivity contribution is 6.65. The van der Waals surface area contributed by atoms with Crippen LogP contribution in [0.2, 0.25) is 0 Å². The normalized spacial score (nSPS) is 18.6. The monoisotopic (exact) mass is 218 g/mol. The fourth-order valence-electron chi connectivity index (χ4n) is 1.16. The van der Waals surface area contributed by atoms with Crippen molar-refractivity contribution in [3.63, 3.8) is 0 Å². The number of aliphatic imine (C=N–C) groups is 2. The number of halogens is 1. The van der Waals surface area contributed by atoms with Crippen LogP contribution in [0.1, 0.15) is 0 Å². The Labute approximate surface area is 87.3 Å². The molecule has 0 fully saturated rings. The molecule has 6 nitrogen and oxygen atoms in total. The summed E-state index contributed by atoms with van der Waals surface area (Å²) in [6.45, 7) is 2.42.